The SMILES string of the molecule is CCOc1cc(/C=C2\C(=O)NC(=O)N(c3cccc([N+](=O)[O-])c3)C2=O)cc(I)c1OCc1cccc(F)c1. The molecule has 0 saturated carbocycles. The quantitative estimate of drug-likeness (QED) is 0.122. The summed E-state index contributed by atoms with van der Waals surface area (Å²) in [7, 11) is 0. The zero-order valence-corrected chi connectivity index (χ0v) is 21.9. The van der Waals surface area contributed by atoms with E-state index in [0.29, 0.717) is 37.7 Å². The Morgan fingerprint density at radius 3 is 2.55 bits per heavy atom. The van der Waals surface area contributed by atoms with E-state index in [0.717, 1.165) is 6.07 Å². The molecule has 3 aromatic carbocycles. The molecule has 194 valence electrons. The number of benzene rings is 3. The third-order valence-corrected chi connectivity index (χ3v) is 6.12. The molecule has 0 radical (unpaired) electrons. The Hall–Kier alpha value is -4.33. The van der Waals surface area contributed by atoms with Crippen molar-refractivity contribution in [2.24, 2.45) is 0 Å². The number of halogens is 2. The van der Waals surface area contributed by atoms with Gasteiger partial charge in [0.25, 0.3) is 17.5 Å². The average Bonchev–Trinajstić information content (AvgIpc) is 2.86. The zero-order valence-electron chi connectivity index (χ0n) is 19.8. The number of nitrogens with zero attached hydrogens (tertiary/aromatic N) is 2. The van der Waals surface area contributed by atoms with E-state index in [1.165, 1.54) is 36.4 Å². The molecule has 0 unspecified atom stereocenters. The van der Waals surface area contributed by atoms with Crippen LogP contribution in [0.1, 0.15) is 18.1 Å². The van der Waals surface area contributed by atoms with Crippen molar-refractivity contribution in [2.45, 2.75) is 13.5 Å². The number of barbiturate groups is 1. The van der Waals surface area contributed by atoms with Gasteiger partial charge in [-0.15, -0.1) is 0 Å². The molecule has 0 bridgehead atoms. The van der Waals surface area contributed by atoms with Gasteiger partial charge in [-0.25, -0.2) is 14.1 Å². The number of amides is 4. The van der Waals surface area contributed by atoms with Crippen molar-refractivity contribution in [1.82, 2.24) is 5.32 Å². The standard InChI is InChI=1S/C26H19FIN3O7/c1-2-37-22-12-16(11-21(28)23(22)38-14-15-5-3-6-17(27)9-15)10-20-24(32)29-26(34)30(25(20)33)18-7-4-8-19(13-18)31(35)36/h3-13H,2,14H2,1H3,(H,29,32,34)/b20-10+. The third-order valence-electron chi connectivity index (χ3n) is 5.32. The smallest absolute Gasteiger partial charge is 0.335 e. The lowest BCUT2D eigenvalue weighted by atomic mass is 10.1. The first-order valence-corrected chi connectivity index (χ1v) is 12.2. The largest absolute Gasteiger partial charge is 0.490 e. The molecule has 4 rings (SSSR count). The normalized spacial score (nSPS) is 14.4. The van der Waals surface area contributed by atoms with Crippen LogP contribution in [0.5, 0.6) is 11.5 Å². The fourth-order valence-electron chi connectivity index (χ4n) is 3.66. The Bertz CT molecular complexity index is 1490. The van der Waals surface area contributed by atoms with Gasteiger partial charge in [0.1, 0.15) is 18.0 Å². The van der Waals surface area contributed by atoms with E-state index < -0.39 is 22.8 Å². The molecular formula is C26H19FIN3O7. The Labute approximate surface area is 229 Å². The monoisotopic (exact) mass is 631 g/mol. The number of hydrogen-bond acceptors (Lipinski definition) is 7. The van der Waals surface area contributed by atoms with E-state index in [1.807, 2.05) is 22.6 Å². The van der Waals surface area contributed by atoms with Gasteiger partial charge in [0, 0.05) is 12.1 Å². The number of nitro groups is 1. The van der Waals surface area contributed by atoms with Gasteiger partial charge in [-0.05, 0) is 77.0 Å². The van der Waals surface area contributed by atoms with Crippen LogP contribution in [-0.2, 0) is 16.2 Å². The minimum absolute atomic E-state index is 0.0641. The molecule has 0 atom stereocenters. The van der Waals surface area contributed by atoms with Crippen LogP contribution < -0.4 is 19.7 Å². The van der Waals surface area contributed by atoms with Crippen molar-refractivity contribution in [3.63, 3.8) is 0 Å². The molecule has 0 aliphatic carbocycles. The van der Waals surface area contributed by atoms with Crippen LogP contribution in [0.4, 0.5) is 20.6 Å². The first kappa shape index (κ1) is 26.7. The van der Waals surface area contributed by atoms with Gasteiger partial charge < -0.3 is 9.47 Å². The molecule has 3 aromatic rings. The van der Waals surface area contributed by atoms with Crippen LogP contribution in [0.25, 0.3) is 6.08 Å². The maximum atomic E-state index is 13.5. The highest BCUT2D eigenvalue weighted by Gasteiger charge is 2.37. The highest BCUT2D eigenvalue weighted by atomic mass is 127. The summed E-state index contributed by atoms with van der Waals surface area (Å²) in [5.41, 5.74) is 0.274. The van der Waals surface area contributed by atoms with Gasteiger partial charge in [-0.1, -0.05) is 18.2 Å². The summed E-state index contributed by atoms with van der Waals surface area (Å²) >= 11 is 2.01. The van der Waals surface area contributed by atoms with Gasteiger partial charge >= 0.3 is 6.03 Å². The first-order chi connectivity index (χ1) is 18.2. The average molecular weight is 631 g/mol. The van der Waals surface area contributed by atoms with Crippen molar-refractivity contribution >= 4 is 57.9 Å². The summed E-state index contributed by atoms with van der Waals surface area (Å²) in [6.07, 6.45) is 1.29. The number of carbonyl (C=O) groups excluding carboxylic acids is 3. The lowest BCUT2D eigenvalue weighted by molar-refractivity contribution is -0.384. The maximum absolute atomic E-state index is 13.5. The number of imide groups is 2. The maximum Gasteiger partial charge on any atom is 0.335 e. The number of nitro benzene ring substituents is 1. The predicted molar refractivity (Wildman–Crippen MR) is 143 cm³/mol. The van der Waals surface area contributed by atoms with Crippen molar-refractivity contribution in [1.29, 1.82) is 0 Å². The van der Waals surface area contributed by atoms with Crippen LogP contribution in [0.15, 0.2) is 66.2 Å². The lowest BCUT2D eigenvalue weighted by Crippen LogP contribution is -2.54. The molecule has 1 heterocycles. The van der Waals surface area contributed by atoms with E-state index in [1.54, 1.807) is 31.2 Å². The summed E-state index contributed by atoms with van der Waals surface area (Å²) in [5.74, 6) is -1.52. The predicted octanol–water partition coefficient (Wildman–Crippen LogP) is 4.98. The molecule has 0 spiro atoms. The number of anilines is 1. The van der Waals surface area contributed by atoms with Crippen molar-refractivity contribution in [3.05, 3.63) is 96.9 Å². The topological polar surface area (TPSA) is 128 Å². The summed E-state index contributed by atoms with van der Waals surface area (Å²) in [5, 5.41) is 13.2. The summed E-state index contributed by atoms with van der Waals surface area (Å²) in [6.45, 7) is 2.14. The van der Waals surface area contributed by atoms with E-state index in [2.05, 4.69) is 5.32 Å². The minimum atomic E-state index is -1.02. The van der Waals surface area contributed by atoms with Crippen molar-refractivity contribution < 1.29 is 33.2 Å². The summed E-state index contributed by atoms with van der Waals surface area (Å²) in [4.78, 5) is 49.4. The summed E-state index contributed by atoms with van der Waals surface area (Å²) in [6, 6.07) is 13.1. The van der Waals surface area contributed by atoms with Gasteiger partial charge in [0.05, 0.1) is 20.8 Å². The highest BCUT2D eigenvalue weighted by molar-refractivity contribution is 14.1. The molecule has 1 fully saturated rings. The van der Waals surface area contributed by atoms with E-state index >= 15 is 0 Å². The molecule has 1 aliphatic rings. The lowest BCUT2D eigenvalue weighted by Gasteiger charge is -2.26. The molecule has 0 aromatic heterocycles. The van der Waals surface area contributed by atoms with E-state index in [-0.39, 0.29) is 29.4 Å². The van der Waals surface area contributed by atoms with Crippen LogP contribution in [0, 0.1) is 19.5 Å². The number of carbonyl (C=O) groups is 3. The molecular weight excluding hydrogens is 612 g/mol. The number of non-ortho nitro benzene ring substituents is 1. The molecule has 38 heavy (non-hydrogen) atoms. The Balaban J connectivity index is 1.67. The molecule has 10 nitrogen and oxygen atoms in total. The molecule has 4 amide bonds. The van der Waals surface area contributed by atoms with Crippen LogP contribution >= 0.6 is 22.6 Å². The number of ether oxygens (including phenoxy) is 2. The second-order valence-corrected chi connectivity index (χ2v) is 9.08. The fraction of sp³-hybridized carbons (Fsp3) is 0.115. The van der Waals surface area contributed by atoms with Gasteiger partial charge in [0.15, 0.2) is 11.5 Å². The molecule has 1 N–H and O–H groups in total. The van der Waals surface area contributed by atoms with Gasteiger partial charge in [0.2, 0.25) is 0 Å². The fourth-order valence-corrected chi connectivity index (χ4v) is 4.44. The van der Waals surface area contributed by atoms with Gasteiger partial charge in [-0.3, -0.25) is 25.0 Å². The van der Waals surface area contributed by atoms with Crippen LogP contribution in [0.2, 0.25) is 0 Å². The molecule has 12 heteroatoms. The molecule has 1 aliphatic heterocycles. The number of rotatable bonds is 8. The van der Waals surface area contributed by atoms with Crippen molar-refractivity contribution in [2.75, 3.05) is 11.5 Å². The van der Waals surface area contributed by atoms with Gasteiger partial charge in [-0.2, -0.15) is 0 Å². The summed E-state index contributed by atoms with van der Waals surface area (Å²) < 4.78 is 25.7. The van der Waals surface area contributed by atoms with E-state index in [4.69, 9.17) is 9.47 Å². The first-order valence-electron chi connectivity index (χ1n) is 11.2. The minimum Gasteiger partial charge on any atom is -0.490 e. The Morgan fingerprint density at radius 1 is 1.08 bits per heavy atom. The number of urea groups is 1. The van der Waals surface area contributed by atoms with Crippen molar-refractivity contribution in [3.8, 4) is 11.5 Å². The Kier molecular flexibility index (Phi) is 8.00. The second-order valence-electron chi connectivity index (χ2n) is 7.92. The van der Waals surface area contributed by atoms with Crippen LogP contribution in [-0.4, -0.2) is 29.4 Å². The zero-order chi connectivity index (χ0) is 27.4. The molecule has 1 saturated heterocycles. The number of nitrogens with one attached hydrogen (secondary N) is 1. The number of hydrogen-bond donors (Lipinski definition) is 1. The van der Waals surface area contributed by atoms with E-state index in [9.17, 15) is 28.9 Å². The van der Waals surface area contributed by atoms with Crippen LogP contribution in [0.3, 0.4) is 0 Å². The third kappa shape index (κ3) is 5.80. The Morgan fingerprint density at radius 2 is 1.84 bits per heavy atom. The highest BCUT2D eigenvalue weighted by Crippen LogP contribution is 2.36. The second kappa shape index (κ2) is 11.4.